The second-order valence-corrected chi connectivity index (χ2v) is 11.6. The summed E-state index contributed by atoms with van der Waals surface area (Å²) in [7, 11) is -0.0928. The van der Waals surface area contributed by atoms with Gasteiger partial charge in [0.2, 0.25) is 10.0 Å². The predicted octanol–water partition coefficient (Wildman–Crippen LogP) is 3.41. The van der Waals surface area contributed by atoms with Crippen LogP contribution in [0.15, 0.2) is 71.6 Å². The van der Waals surface area contributed by atoms with Crippen molar-refractivity contribution in [2.45, 2.75) is 11.8 Å². The van der Waals surface area contributed by atoms with E-state index in [1.54, 1.807) is 29.6 Å². The first-order chi connectivity index (χ1) is 19.3. The number of fused-ring (bicyclic) bond motifs is 1. The van der Waals surface area contributed by atoms with E-state index in [0.717, 1.165) is 16.5 Å². The molecule has 0 aliphatic carbocycles. The number of ether oxygens (including phenoxy) is 1. The number of carbonyl (C=O) groups is 1. The molecule has 4 aromatic rings. The molecule has 1 saturated heterocycles. The maximum atomic E-state index is 13.6. The molecule has 0 atom stereocenters. The highest BCUT2D eigenvalue weighted by Gasteiger charge is 2.29. The number of aryl methyl sites for hydroxylation is 1. The van der Waals surface area contributed by atoms with Gasteiger partial charge in [-0.3, -0.25) is 4.79 Å². The molecule has 0 bridgehead atoms. The molecule has 0 saturated carbocycles. The van der Waals surface area contributed by atoms with E-state index < -0.39 is 10.0 Å². The number of nitrogens with zero attached hydrogens (tertiary/aromatic N) is 4. The Kier molecular flexibility index (Phi) is 7.97. The van der Waals surface area contributed by atoms with Crippen molar-refractivity contribution in [2.75, 3.05) is 52.2 Å². The van der Waals surface area contributed by atoms with Crippen molar-refractivity contribution < 1.29 is 17.9 Å². The minimum Gasteiger partial charge on any atom is -0.484 e. The molecule has 40 heavy (non-hydrogen) atoms. The Morgan fingerprint density at radius 1 is 0.950 bits per heavy atom. The number of likely N-dealkylation sites (N-methyl/N-ethyl adjacent to an activating group) is 2. The molecule has 1 fully saturated rings. The van der Waals surface area contributed by atoms with Crippen LogP contribution in [-0.4, -0.2) is 80.6 Å². The molecule has 1 aliphatic rings. The van der Waals surface area contributed by atoms with E-state index in [-0.39, 0.29) is 12.5 Å². The zero-order chi connectivity index (χ0) is 28.3. The summed E-state index contributed by atoms with van der Waals surface area (Å²) < 4.78 is 34.2. The van der Waals surface area contributed by atoms with Crippen molar-refractivity contribution >= 4 is 38.2 Å². The average Bonchev–Trinajstić information content (AvgIpc) is 2.97. The van der Waals surface area contributed by atoms with Gasteiger partial charge in [-0.25, -0.2) is 8.42 Å². The molecule has 2 N–H and O–H groups in total. The van der Waals surface area contributed by atoms with Crippen molar-refractivity contribution in [2.24, 2.45) is 0 Å². The summed E-state index contributed by atoms with van der Waals surface area (Å²) in [6.45, 7) is 4.10. The highest BCUT2D eigenvalue weighted by atomic mass is 32.2. The Morgan fingerprint density at radius 2 is 1.65 bits per heavy atom. The lowest BCUT2D eigenvalue weighted by molar-refractivity contribution is -0.122. The number of sulfonamides is 1. The van der Waals surface area contributed by atoms with Gasteiger partial charge in [-0.1, -0.05) is 36.4 Å². The van der Waals surface area contributed by atoms with E-state index in [9.17, 15) is 13.2 Å². The second-order valence-electron chi connectivity index (χ2n) is 9.74. The van der Waals surface area contributed by atoms with Crippen molar-refractivity contribution in [3.05, 3.63) is 72.3 Å². The first-order valence-corrected chi connectivity index (χ1v) is 14.5. The summed E-state index contributed by atoms with van der Waals surface area (Å²) in [6, 6.07) is 20.4. The van der Waals surface area contributed by atoms with Crippen LogP contribution in [0.2, 0.25) is 0 Å². The van der Waals surface area contributed by atoms with Crippen LogP contribution in [0.1, 0.15) is 5.56 Å². The number of hydrogen-bond donors (Lipinski definition) is 2. The van der Waals surface area contributed by atoms with Gasteiger partial charge < -0.3 is 20.3 Å². The van der Waals surface area contributed by atoms with E-state index in [2.05, 4.69) is 25.7 Å². The maximum absolute atomic E-state index is 13.6. The topological polar surface area (TPSA) is 117 Å². The molecule has 10 nitrogen and oxygen atoms in total. The third kappa shape index (κ3) is 5.76. The van der Waals surface area contributed by atoms with Crippen LogP contribution in [0.4, 0.5) is 11.5 Å². The highest BCUT2D eigenvalue weighted by Crippen LogP contribution is 2.33. The molecule has 1 aromatic heterocycles. The number of carbonyl (C=O) groups excluding carboxylic acids is 1. The molecule has 3 aromatic carbocycles. The van der Waals surface area contributed by atoms with Crippen LogP contribution >= 0.6 is 0 Å². The molecule has 11 heteroatoms. The number of amides is 1. The quantitative estimate of drug-likeness (QED) is 0.337. The maximum Gasteiger partial charge on any atom is 0.257 e. The van der Waals surface area contributed by atoms with E-state index in [1.807, 2.05) is 62.5 Å². The van der Waals surface area contributed by atoms with Gasteiger partial charge in [0.15, 0.2) is 12.4 Å². The molecule has 0 radical (unpaired) electrons. The number of piperazine rings is 1. The Morgan fingerprint density at radius 3 is 2.35 bits per heavy atom. The fraction of sp³-hybridized carbons (Fsp3) is 0.276. The van der Waals surface area contributed by atoms with Gasteiger partial charge in [-0.15, -0.1) is 10.2 Å². The van der Waals surface area contributed by atoms with E-state index in [4.69, 9.17) is 4.74 Å². The Bertz CT molecular complexity index is 1630. The lowest BCUT2D eigenvalue weighted by Crippen LogP contribution is -2.47. The van der Waals surface area contributed by atoms with E-state index in [1.165, 1.54) is 0 Å². The van der Waals surface area contributed by atoms with Crippen LogP contribution in [0.5, 0.6) is 5.75 Å². The highest BCUT2D eigenvalue weighted by molar-refractivity contribution is 7.89. The smallest absolute Gasteiger partial charge is 0.257 e. The Balaban J connectivity index is 1.44. The first-order valence-electron chi connectivity index (χ1n) is 13.0. The zero-order valence-electron chi connectivity index (χ0n) is 22.7. The molecule has 1 aliphatic heterocycles. The molecule has 2 heterocycles. The van der Waals surface area contributed by atoms with Crippen LogP contribution in [0.3, 0.4) is 0 Å². The number of hydrogen-bond acceptors (Lipinski definition) is 8. The summed E-state index contributed by atoms with van der Waals surface area (Å²) in [4.78, 5) is 13.8. The summed E-state index contributed by atoms with van der Waals surface area (Å²) in [5, 5.41) is 16.5. The fourth-order valence-electron chi connectivity index (χ4n) is 4.59. The van der Waals surface area contributed by atoms with Gasteiger partial charge in [-0.05, 0) is 49.9 Å². The standard InChI is InChI=1S/C29H32N6O4S/c1-20-8-9-21(18-26(20)40(37,38)35-16-14-34(3)15-17-35)28-24-6-4-5-7-25(24)29(33-32-28)31-22-10-12-23(13-11-22)39-19-27(36)30-2/h4-13,18H,14-17,19H2,1-3H3,(H,30,36)(H,31,33). The molecule has 208 valence electrons. The zero-order valence-corrected chi connectivity index (χ0v) is 23.5. The Labute approximate surface area is 234 Å². The first kappa shape index (κ1) is 27.5. The summed E-state index contributed by atoms with van der Waals surface area (Å²) >= 11 is 0. The fourth-order valence-corrected chi connectivity index (χ4v) is 6.27. The molecule has 1 amide bonds. The van der Waals surface area contributed by atoms with Crippen LogP contribution in [0.25, 0.3) is 22.0 Å². The van der Waals surface area contributed by atoms with E-state index >= 15 is 0 Å². The van der Waals surface area contributed by atoms with E-state index in [0.29, 0.717) is 59.5 Å². The molecule has 5 rings (SSSR count). The third-order valence-electron chi connectivity index (χ3n) is 6.99. The van der Waals surface area contributed by atoms with Gasteiger partial charge in [0.05, 0.1) is 4.90 Å². The monoisotopic (exact) mass is 560 g/mol. The predicted molar refractivity (Wildman–Crippen MR) is 155 cm³/mol. The number of nitrogens with one attached hydrogen (secondary N) is 2. The van der Waals surface area contributed by atoms with Crippen LogP contribution < -0.4 is 15.4 Å². The molecular weight excluding hydrogens is 528 g/mol. The normalized spacial score (nSPS) is 14.7. The van der Waals surface area contributed by atoms with Gasteiger partial charge in [0.1, 0.15) is 11.4 Å². The number of aromatic nitrogens is 2. The molecule has 0 spiro atoms. The molecular formula is C29H32N6O4S. The number of benzene rings is 3. The second kappa shape index (κ2) is 11.6. The lowest BCUT2D eigenvalue weighted by Gasteiger charge is -2.32. The largest absolute Gasteiger partial charge is 0.484 e. The van der Waals surface area contributed by atoms with Gasteiger partial charge in [0.25, 0.3) is 5.91 Å². The SMILES string of the molecule is CNC(=O)COc1ccc(Nc2nnc(-c3ccc(C)c(S(=O)(=O)N4CCN(C)CC4)c3)c3ccccc23)cc1. The molecule has 0 unspecified atom stereocenters. The van der Waals surface area contributed by atoms with Gasteiger partial charge in [-0.2, -0.15) is 4.31 Å². The Hall–Kier alpha value is -4.06. The van der Waals surface area contributed by atoms with Gasteiger partial charge in [0, 0.05) is 55.2 Å². The van der Waals surface area contributed by atoms with Crippen molar-refractivity contribution in [1.82, 2.24) is 24.7 Å². The lowest BCUT2D eigenvalue weighted by atomic mass is 10.0. The number of rotatable bonds is 8. The van der Waals surface area contributed by atoms with Crippen molar-refractivity contribution in [3.63, 3.8) is 0 Å². The minimum atomic E-state index is -3.65. The summed E-state index contributed by atoms with van der Waals surface area (Å²) in [5.41, 5.74) is 2.76. The minimum absolute atomic E-state index is 0.0573. The van der Waals surface area contributed by atoms with Gasteiger partial charge >= 0.3 is 0 Å². The number of anilines is 2. The summed E-state index contributed by atoms with van der Waals surface area (Å²) in [6.07, 6.45) is 0. The third-order valence-corrected chi connectivity index (χ3v) is 9.04. The van der Waals surface area contributed by atoms with Crippen LogP contribution in [-0.2, 0) is 14.8 Å². The van der Waals surface area contributed by atoms with Crippen molar-refractivity contribution in [3.8, 4) is 17.0 Å². The average molecular weight is 561 g/mol. The summed E-state index contributed by atoms with van der Waals surface area (Å²) in [5.74, 6) is 0.930. The van der Waals surface area contributed by atoms with Crippen LogP contribution in [0, 0.1) is 6.92 Å². The van der Waals surface area contributed by atoms with Crippen molar-refractivity contribution in [1.29, 1.82) is 0 Å².